The zero-order valence-electron chi connectivity index (χ0n) is 38.1. The van der Waals surface area contributed by atoms with Crippen LogP contribution in [0.3, 0.4) is 0 Å². The zero-order valence-corrected chi connectivity index (χ0v) is 38.9. The van der Waals surface area contributed by atoms with Crippen molar-refractivity contribution in [3.8, 4) is 27.9 Å². The van der Waals surface area contributed by atoms with E-state index in [-0.39, 0.29) is 5.41 Å². The highest BCUT2D eigenvalue weighted by molar-refractivity contribution is 8.32. The summed E-state index contributed by atoms with van der Waals surface area (Å²) in [5.41, 5.74) is 19.8. The first-order valence-corrected chi connectivity index (χ1v) is 25.9. The van der Waals surface area contributed by atoms with Crippen molar-refractivity contribution in [3.05, 3.63) is 252 Å². The van der Waals surface area contributed by atoms with Gasteiger partial charge in [0.1, 0.15) is 0 Å². The molecule has 320 valence electrons. The van der Waals surface area contributed by atoms with Crippen LogP contribution in [0.2, 0.25) is 0 Å². The molecule has 3 aliphatic rings. The molecule has 0 fully saturated rings. The summed E-state index contributed by atoms with van der Waals surface area (Å²) in [6.45, 7) is 4.77. The molecule has 14 rings (SSSR count). The van der Waals surface area contributed by atoms with E-state index in [1.165, 1.54) is 104 Å². The topological polar surface area (TPSA) is 8.17 Å². The van der Waals surface area contributed by atoms with E-state index in [1.807, 2.05) is 0 Å². The predicted octanol–water partition coefficient (Wildman–Crippen LogP) is 16.9. The van der Waals surface area contributed by atoms with E-state index in [2.05, 4.69) is 254 Å². The van der Waals surface area contributed by atoms with Gasteiger partial charge >= 0.3 is 0 Å². The van der Waals surface area contributed by atoms with E-state index in [1.54, 1.807) is 0 Å². The first kappa shape index (κ1) is 38.7. The fourth-order valence-electron chi connectivity index (χ4n) is 12.8. The van der Waals surface area contributed by atoms with Crippen LogP contribution in [-0.2, 0) is 10.8 Å². The van der Waals surface area contributed by atoms with Crippen molar-refractivity contribution < 1.29 is 0 Å². The molecule has 0 bridgehead atoms. The number of anilines is 3. The first-order chi connectivity index (χ1) is 32.8. The van der Waals surface area contributed by atoms with Gasteiger partial charge in [-0.15, -0.1) is 0 Å². The highest BCUT2D eigenvalue weighted by atomic mass is 32.3. The van der Waals surface area contributed by atoms with Gasteiger partial charge in [0.25, 0.3) is 0 Å². The summed E-state index contributed by atoms with van der Waals surface area (Å²) in [5.74, 6) is 0. The fraction of sp³-hybridized carbons (Fsp3) is 0.0938. The van der Waals surface area contributed by atoms with Gasteiger partial charge in [-0.1, -0.05) is 178 Å². The lowest BCUT2D eigenvalue weighted by atomic mass is 9.59. The number of aromatic nitrogens is 1. The third kappa shape index (κ3) is 5.02. The predicted molar refractivity (Wildman–Crippen MR) is 284 cm³/mol. The van der Waals surface area contributed by atoms with Gasteiger partial charge in [-0.2, -0.15) is 10.0 Å². The molecular weight excluding hydrogens is 829 g/mol. The molecule has 2 nitrogen and oxygen atoms in total. The van der Waals surface area contributed by atoms with Crippen molar-refractivity contribution in [1.29, 1.82) is 0 Å². The lowest BCUT2D eigenvalue weighted by Gasteiger charge is -2.52. The van der Waals surface area contributed by atoms with Crippen molar-refractivity contribution in [1.82, 2.24) is 4.57 Å². The van der Waals surface area contributed by atoms with Gasteiger partial charge in [0.15, 0.2) is 0 Å². The van der Waals surface area contributed by atoms with Crippen molar-refractivity contribution in [2.45, 2.75) is 34.5 Å². The first-order valence-electron chi connectivity index (χ1n) is 23.5. The average Bonchev–Trinajstić information content (AvgIpc) is 3.82. The molecule has 3 heteroatoms. The lowest BCUT2D eigenvalue weighted by Crippen LogP contribution is -2.38. The molecule has 11 aromatic rings. The maximum absolute atomic E-state index is 2.59. The molecule has 2 heterocycles. The quantitative estimate of drug-likeness (QED) is 0.171. The Bertz CT molecular complexity index is 3890. The van der Waals surface area contributed by atoms with E-state index in [0.717, 1.165) is 17.1 Å². The van der Waals surface area contributed by atoms with Gasteiger partial charge in [-0.3, -0.25) is 0 Å². The smallest absolute Gasteiger partial charge is 0.0734 e. The zero-order chi connectivity index (χ0) is 44.8. The van der Waals surface area contributed by atoms with Crippen LogP contribution in [0, 0.1) is 0 Å². The van der Waals surface area contributed by atoms with E-state index in [9.17, 15) is 0 Å². The Hall–Kier alpha value is -7.59. The van der Waals surface area contributed by atoms with Crippen LogP contribution in [-0.4, -0.2) is 17.1 Å². The van der Waals surface area contributed by atoms with Crippen LogP contribution in [0.4, 0.5) is 17.1 Å². The largest absolute Gasteiger partial charge is 0.310 e. The number of nitrogens with zero attached hydrogens (tertiary/aromatic N) is 2. The highest BCUT2D eigenvalue weighted by Gasteiger charge is 2.51. The van der Waals surface area contributed by atoms with Crippen molar-refractivity contribution in [3.63, 3.8) is 0 Å². The van der Waals surface area contributed by atoms with Gasteiger partial charge in [0, 0.05) is 43.7 Å². The minimum absolute atomic E-state index is 0.152. The third-order valence-electron chi connectivity index (χ3n) is 15.7. The number of hydrogen-bond acceptors (Lipinski definition) is 1. The van der Waals surface area contributed by atoms with E-state index < -0.39 is 15.4 Å². The summed E-state index contributed by atoms with van der Waals surface area (Å²) >= 11 is 0. The summed E-state index contributed by atoms with van der Waals surface area (Å²) < 4.78 is 2.44. The third-order valence-corrected chi connectivity index (χ3v) is 18.6. The van der Waals surface area contributed by atoms with Gasteiger partial charge < -0.3 is 9.47 Å². The average molecular weight is 877 g/mol. The summed E-state index contributed by atoms with van der Waals surface area (Å²) in [7, 11) is -1.55. The molecule has 1 spiro atoms. The van der Waals surface area contributed by atoms with Crippen LogP contribution >= 0.6 is 10.0 Å². The minimum Gasteiger partial charge on any atom is -0.310 e. The van der Waals surface area contributed by atoms with Gasteiger partial charge in [-0.05, 0) is 133 Å². The summed E-state index contributed by atoms with van der Waals surface area (Å²) in [4.78, 5) is 5.45. The molecule has 67 heavy (non-hydrogen) atoms. The standard InChI is InChI=1S/C64H48N2S/c1-63(2)50-27-11-9-25-49(50)62-54(63)30-18-33-57(62)65(43-35-37-47-46-24-10-14-32-56(46)66(58(47)39-43)42-21-6-5-7-22-42)44-36-38-53-60(40-44)67(3,4)59-34-15-13-29-52(59)64(53)51-28-12-8-23-45(51)48-26-16-19-41-20-17-31-55(64)61(41)48/h5-40H,1-4H3. The normalized spacial score (nSPS) is 17.1. The Kier molecular flexibility index (Phi) is 7.92. The van der Waals surface area contributed by atoms with Crippen LogP contribution in [0.25, 0.3) is 60.5 Å². The SMILES string of the molecule is CC1(C)c2ccccc2-c2c(N(c3ccc4c(c3)S(C)(C)c3ccccc3C43c4ccccc4-c4cccc5cccc3c45)c3ccc4c5ccccc5n(-c5ccccc5)c4c3)cccc21. The highest BCUT2D eigenvalue weighted by Crippen LogP contribution is 2.71. The van der Waals surface area contributed by atoms with E-state index in [4.69, 9.17) is 0 Å². The molecule has 0 saturated carbocycles. The second-order valence-electron chi connectivity index (χ2n) is 19.6. The Morgan fingerprint density at radius 1 is 0.418 bits per heavy atom. The molecule has 0 amide bonds. The Morgan fingerprint density at radius 2 is 1.01 bits per heavy atom. The molecule has 0 radical (unpaired) electrons. The number of fused-ring (bicyclic) bond motifs is 14. The maximum atomic E-state index is 2.59. The molecule has 0 saturated heterocycles. The molecule has 1 unspecified atom stereocenters. The van der Waals surface area contributed by atoms with E-state index in [0.29, 0.717) is 0 Å². The molecule has 2 aliphatic carbocycles. The summed E-state index contributed by atoms with van der Waals surface area (Å²) in [6.07, 6.45) is 5.05. The van der Waals surface area contributed by atoms with Crippen LogP contribution in [0.5, 0.6) is 0 Å². The summed E-state index contributed by atoms with van der Waals surface area (Å²) in [6, 6.07) is 82.9. The number of hydrogen-bond donors (Lipinski definition) is 0. The number of rotatable bonds is 4. The maximum Gasteiger partial charge on any atom is 0.0734 e. The van der Waals surface area contributed by atoms with E-state index >= 15 is 0 Å². The monoisotopic (exact) mass is 876 g/mol. The van der Waals surface area contributed by atoms with Crippen molar-refractivity contribution in [2.75, 3.05) is 17.4 Å². The van der Waals surface area contributed by atoms with Gasteiger partial charge in [0.2, 0.25) is 0 Å². The molecule has 1 atom stereocenters. The second-order valence-corrected chi connectivity index (χ2v) is 23.1. The molecule has 1 aliphatic heterocycles. The summed E-state index contributed by atoms with van der Waals surface area (Å²) in [5, 5.41) is 5.14. The minimum atomic E-state index is -1.55. The molecule has 10 aromatic carbocycles. The molecule has 0 N–H and O–H groups in total. The number of para-hydroxylation sites is 2. The number of benzene rings is 10. The van der Waals surface area contributed by atoms with Crippen LogP contribution in [0.15, 0.2) is 228 Å². The molecule has 1 aromatic heterocycles. The van der Waals surface area contributed by atoms with Crippen LogP contribution in [0.1, 0.15) is 47.2 Å². The molecular formula is C64H48N2S. The van der Waals surface area contributed by atoms with Crippen LogP contribution < -0.4 is 4.90 Å². The van der Waals surface area contributed by atoms with Crippen molar-refractivity contribution in [2.24, 2.45) is 0 Å². The Labute approximate surface area is 393 Å². The van der Waals surface area contributed by atoms with Crippen molar-refractivity contribution >= 4 is 59.7 Å². The fourth-order valence-corrected chi connectivity index (χ4v) is 15.4. The van der Waals surface area contributed by atoms with Gasteiger partial charge in [-0.25, -0.2) is 0 Å². The lowest BCUT2D eigenvalue weighted by molar-refractivity contribution is 0.660. The Morgan fingerprint density at radius 3 is 1.87 bits per heavy atom. The Balaban J connectivity index is 1.09. The van der Waals surface area contributed by atoms with Gasteiger partial charge in [0.05, 0.1) is 22.1 Å². The second kappa shape index (κ2) is 13.7.